The quantitative estimate of drug-likeness (QED) is 0.752. The van der Waals surface area contributed by atoms with Gasteiger partial charge in [-0.05, 0) is 48.7 Å². The van der Waals surface area contributed by atoms with Gasteiger partial charge in [-0.1, -0.05) is 23.4 Å². The molecule has 0 radical (unpaired) electrons. The van der Waals surface area contributed by atoms with Crippen LogP contribution in [0.4, 0.5) is 10.1 Å². The predicted octanol–water partition coefficient (Wildman–Crippen LogP) is 2.03. The second-order valence-corrected chi connectivity index (χ2v) is 6.59. The number of nitrogens with zero attached hydrogens (tertiary/aromatic N) is 4. The number of hydrogen-bond acceptors (Lipinski definition) is 4. The smallest absolute Gasteiger partial charge is 0.273 e. The topological polar surface area (TPSA) is 80.1 Å². The van der Waals surface area contributed by atoms with Crippen LogP contribution in [0.15, 0.2) is 48.7 Å². The average molecular weight is 379 g/mol. The highest BCUT2D eigenvalue weighted by atomic mass is 19.1. The maximum Gasteiger partial charge on any atom is 0.273 e. The van der Waals surface area contributed by atoms with Crippen molar-refractivity contribution in [3.05, 3.63) is 71.3 Å². The van der Waals surface area contributed by atoms with E-state index in [2.05, 4.69) is 15.6 Å². The van der Waals surface area contributed by atoms with Gasteiger partial charge in [-0.15, -0.1) is 5.10 Å². The van der Waals surface area contributed by atoms with Crippen LogP contribution in [0.3, 0.4) is 0 Å². The Morgan fingerprint density at radius 2 is 2.00 bits per heavy atom. The van der Waals surface area contributed by atoms with Crippen molar-refractivity contribution in [1.82, 2.24) is 20.3 Å². The molecule has 2 amide bonds. The number of anilines is 1. The summed E-state index contributed by atoms with van der Waals surface area (Å²) in [6.45, 7) is 2.22. The van der Waals surface area contributed by atoms with Crippen molar-refractivity contribution >= 4 is 17.5 Å². The molecule has 2 aromatic carbocycles. The summed E-state index contributed by atoms with van der Waals surface area (Å²) in [7, 11) is 0. The molecule has 0 fully saturated rings. The number of amides is 2. The molecule has 1 aliphatic heterocycles. The van der Waals surface area contributed by atoms with E-state index in [1.165, 1.54) is 23.0 Å². The van der Waals surface area contributed by atoms with E-state index in [0.717, 1.165) is 17.7 Å². The maximum atomic E-state index is 13.2. The zero-order chi connectivity index (χ0) is 19.7. The van der Waals surface area contributed by atoms with Crippen molar-refractivity contribution in [1.29, 1.82) is 0 Å². The van der Waals surface area contributed by atoms with Crippen LogP contribution in [-0.4, -0.2) is 39.9 Å². The summed E-state index contributed by atoms with van der Waals surface area (Å²) in [6, 6.07) is 12.0. The van der Waals surface area contributed by atoms with Gasteiger partial charge in [-0.2, -0.15) is 0 Å². The Hall–Kier alpha value is -3.55. The molecule has 1 aliphatic rings. The fourth-order valence-corrected chi connectivity index (χ4v) is 3.30. The minimum absolute atomic E-state index is 0.0818. The van der Waals surface area contributed by atoms with Gasteiger partial charge >= 0.3 is 0 Å². The van der Waals surface area contributed by atoms with E-state index < -0.39 is 5.91 Å². The Morgan fingerprint density at radius 3 is 2.82 bits per heavy atom. The molecule has 0 bridgehead atoms. The summed E-state index contributed by atoms with van der Waals surface area (Å²) in [6.07, 6.45) is 2.26. The van der Waals surface area contributed by atoms with Crippen LogP contribution in [-0.2, 0) is 11.2 Å². The molecule has 0 aliphatic carbocycles. The molecule has 1 N–H and O–H groups in total. The van der Waals surface area contributed by atoms with E-state index in [-0.39, 0.29) is 24.0 Å². The first kappa shape index (κ1) is 17.8. The molecule has 0 saturated carbocycles. The van der Waals surface area contributed by atoms with Crippen LogP contribution in [0.25, 0.3) is 5.69 Å². The standard InChI is InChI=1S/C20H18FN5O2/c1-13-10-15(21)6-7-17(13)26-12-16(23-24-26)20(28)22-11-19(27)25-9-8-14-4-2-3-5-18(14)25/h2-7,10,12H,8-9,11H2,1H3,(H,22,28). The fourth-order valence-electron chi connectivity index (χ4n) is 3.30. The minimum Gasteiger partial charge on any atom is -0.342 e. The van der Waals surface area contributed by atoms with Crippen molar-refractivity contribution in [2.24, 2.45) is 0 Å². The van der Waals surface area contributed by atoms with Crippen LogP contribution in [0.5, 0.6) is 0 Å². The number of fused-ring (bicyclic) bond motifs is 1. The van der Waals surface area contributed by atoms with Crippen LogP contribution < -0.4 is 10.2 Å². The van der Waals surface area contributed by atoms with Crippen molar-refractivity contribution in [2.75, 3.05) is 18.0 Å². The zero-order valence-corrected chi connectivity index (χ0v) is 15.2. The summed E-state index contributed by atoms with van der Waals surface area (Å²) in [5, 5.41) is 10.4. The number of aryl methyl sites for hydroxylation is 1. The summed E-state index contributed by atoms with van der Waals surface area (Å²) in [4.78, 5) is 26.5. The van der Waals surface area contributed by atoms with Gasteiger partial charge in [0.05, 0.1) is 18.4 Å². The SMILES string of the molecule is Cc1cc(F)ccc1-n1cc(C(=O)NCC(=O)N2CCc3ccccc32)nn1. The minimum atomic E-state index is -0.494. The van der Waals surface area contributed by atoms with E-state index in [4.69, 9.17) is 0 Å². The maximum absolute atomic E-state index is 13.2. The largest absolute Gasteiger partial charge is 0.342 e. The lowest BCUT2D eigenvalue weighted by Gasteiger charge is -2.17. The second kappa shape index (κ2) is 7.22. The monoisotopic (exact) mass is 379 g/mol. The molecule has 4 rings (SSSR count). The van der Waals surface area contributed by atoms with Gasteiger partial charge in [0, 0.05) is 12.2 Å². The lowest BCUT2D eigenvalue weighted by Crippen LogP contribution is -2.39. The molecule has 0 atom stereocenters. The average Bonchev–Trinajstić information content (AvgIpc) is 3.33. The second-order valence-electron chi connectivity index (χ2n) is 6.59. The molecule has 0 unspecified atom stereocenters. The summed E-state index contributed by atoms with van der Waals surface area (Å²) in [5.41, 5.74) is 3.38. The zero-order valence-electron chi connectivity index (χ0n) is 15.2. The number of carbonyl (C=O) groups is 2. The van der Waals surface area contributed by atoms with E-state index in [1.807, 2.05) is 24.3 Å². The summed E-state index contributed by atoms with van der Waals surface area (Å²) >= 11 is 0. The van der Waals surface area contributed by atoms with Gasteiger partial charge in [0.25, 0.3) is 5.91 Å². The van der Waals surface area contributed by atoms with Gasteiger partial charge in [0.2, 0.25) is 5.91 Å². The highest BCUT2D eigenvalue weighted by Crippen LogP contribution is 2.27. The number of rotatable bonds is 4. The third kappa shape index (κ3) is 3.36. The molecule has 142 valence electrons. The molecular weight excluding hydrogens is 361 g/mol. The third-order valence-corrected chi connectivity index (χ3v) is 4.72. The molecule has 8 heteroatoms. The van der Waals surface area contributed by atoms with Crippen molar-refractivity contribution in [2.45, 2.75) is 13.3 Å². The lowest BCUT2D eigenvalue weighted by molar-refractivity contribution is -0.117. The molecule has 2 heterocycles. The summed E-state index contributed by atoms with van der Waals surface area (Å²) in [5.74, 6) is -1.02. The Bertz CT molecular complexity index is 1060. The first-order valence-electron chi connectivity index (χ1n) is 8.88. The van der Waals surface area contributed by atoms with E-state index in [0.29, 0.717) is 17.8 Å². The molecule has 7 nitrogen and oxygen atoms in total. The number of para-hydroxylation sites is 1. The van der Waals surface area contributed by atoms with Crippen molar-refractivity contribution < 1.29 is 14.0 Å². The lowest BCUT2D eigenvalue weighted by atomic mass is 10.2. The van der Waals surface area contributed by atoms with Gasteiger partial charge in [-0.3, -0.25) is 9.59 Å². The van der Waals surface area contributed by atoms with E-state index in [9.17, 15) is 14.0 Å². The molecular formula is C20H18FN5O2. The molecule has 1 aromatic heterocycles. The van der Waals surface area contributed by atoms with Crippen LogP contribution in [0, 0.1) is 12.7 Å². The van der Waals surface area contributed by atoms with Gasteiger partial charge in [0.15, 0.2) is 5.69 Å². The van der Waals surface area contributed by atoms with Crippen molar-refractivity contribution in [3.8, 4) is 5.69 Å². The normalized spacial score (nSPS) is 12.7. The van der Waals surface area contributed by atoms with Crippen LogP contribution in [0.2, 0.25) is 0 Å². The Kier molecular flexibility index (Phi) is 4.60. The molecule has 0 spiro atoms. The predicted molar refractivity (Wildman–Crippen MR) is 101 cm³/mol. The number of aromatic nitrogens is 3. The highest BCUT2D eigenvalue weighted by Gasteiger charge is 2.24. The third-order valence-electron chi connectivity index (χ3n) is 4.72. The Morgan fingerprint density at radius 1 is 1.18 bits per heavy atom. The first-order chi connectivity index (χ1) is 13.5. The number of hydrogen-bond donors (Lipinski definition) is 1. The van der Waals surface area contributed by atoms with E-state index in [1.54, 1.807) is 17.9 Å². The first-order valence-corrected chi connectivity index (χ1v) is 8.88. The van der Waals surface area contributed by atoms with Gasteiger partial charge < -0.3 is 10.2 Å². The van der Waals surface area contributed by atoms with Crippen LogP contribution >= 0.6 is 0 Å². The molecule has 3 aromatic rings. The van der Waals surface area contributed by atoms with Crippen LogP contribution in [0.1, 0.15) is 21.6 Å². The van der Waals surface area contributed by atoms with Crippen molar-refractivity contribution in [3.63, 3.8) is 0 Å². The number of halogens is 1. The summed E-state index contributed by atoms with van der Waals surface area (Å²) < 4.78 is 14.7. The molecule has 28 heavy (non-hydrogen) atoms. The molecule has 0 saturated heterocycles. The van der Waals surface area contributed by atoms with Gasteiger partial charge in [-0.25, -0.2) is 9.07 Å². The Labute approximate surface area is 160 Å². The number of nitrogens with one attached hydrogen (secondary N) is 1. The van der Waals surface area contributed by atoms with Gasteiger partial charge in [0.1, 0.15) is 5.82 Å². The fraction of sp³-hybridized carbons (Fsp3) is 0.200. The highest BCUT2D eigenvalue weighted by molar-refractivity contribution is 6.00. The number of carbonyl (C=O) groups excluding carboxylic acids is 2. The van der Waals surface area contributed by atoms with E-state index >= 15 is 0 Å². The number of benzene rings is 2. The Balaban J connectivity index is 1.41.